The molecule has 142 valence electrons. The highest BCUT2D eigenvalue weighted by molar-refractivity contribution is 7.98. The lowest BCUT2D eigenvalue weighted by molar-refractivity contribution is 0.848. The molecule has 1 heterocycles. The number of nitriles is 1. The van der Waals surface area contributed by atoms with Crippen molar-refractivity contribution in [1.82, 2.24) is 14.8 Å². The van der Waals surface area contributed by atoms with Crippen molar-refractivity contribution >= 4 is 23.4 Å². The van der Waals surface area contributed by atoms with Crippen molar-refractivity contribution in [2.24, 2.45) is 0 Å². The lowest BCUT2D eigenvalue weighted by Crippen LogP contribution is -2.04. The first-order valence-electron chi connectivity index (χ1n) is 9.09. The van der Waals surface area contributed by atoms with Gasteiger partial charge in [0.05, 0.1) is 17.3 Å². The number of hydrogen-bond donors (Lipinski definition) is 0. The third kappa shape index (κ3) is 4.51. The van der Waals surface area contributed by atoms with E-state index in [-0.39, 0.29) is 0 Å². The van der Waals surface area contributed by atoms with Crippen LogP contribution >= 0.6 is 23.4 Å². The molecule has 0 bridgehead atoms. The molecule has 4 nitrogen and oxygen atoms in total. The number of nitrogens with zero attached hydrogens (tertiary/aromatic N) is 4. The van der Waals surface area contributed by atoms with Gasteiger partial charge in [0.15, 0.2) is 5.16 Å². The minimum atomic E-state index is 0.633. The highest BCUT2D eigenvalue weighted by atomic mass is 35.5. The normalized spacial score (nSPS) is 10.6. The number of benzene rings is 3. The Morgan fingerprint density at radius 1 is 0.931 bits per heavy atom. The van der Waals surface area contributed by atoms with E-state index in [1.807, 2.05) is 71.3 Å². The molecule has 6 heteroatoms. The van der Waals surface area contributed by atoms with Crippen LogP contribution in [0.5, 0.6) is 0 Å². The van der Waals surface area contributed by atoms with Gasteiger partial charge in [-0.25, -0.2) is 0 Å². The van der Waals surface area contributed by atoms with Gasteiger partial charge in [0.2, 0.25) is 0 Å². The van der Waals surface area contributed by atoms with Gasteiger partial charge in [0.1, 0.15) is 5.82 Å². The smallest absolute Gasteiger partial charge is 0.196 e. The summed E-state index contributed by atoms with van der Waals surface area (Å²) >= 11 is 7.80. The van der Waals surface area contributed by atoms with Crippen molar-refractivity contribution in [3.63, 3.8) is 0 Å². The molecule has 0 saturated carbocycles. The zero-order valence-electron chi connectivity index (χ0n) is 15.5. The van der Waals surface area contributed by atoms with Gasteiger partial charge in [0, 0.05) is 17.2 Å². The Kier molecular flexibility index (Phi) is 5.95. The molecule has 0 atom stereocenters. The molecular weight excluding hydrogens is 400 g/mol. The van der Waals surface area contributed by atoms with Crippen LogP contribution < -0.4 is 0 Å². The summed E-state index contributed by atoms with van der Waals surface area (Å²) in [5.74, 6) is 1.47. The summed E-state index contributed by atoms with van der Waals surface area (Å²) in [6.07, 6.45) is 0.662. The van der Waals surface area contributed by atoms with Gasteiger partial charge in [-0.3, -0.25) is 4.57 Å². The molecule has 0 radical (unpaired) electrons. The summed E-state index contributed by atoms with van der Waals surface area (Å²) in [5.41, 5.74) is 3.74. The van der Waals surface area contributed by atoms with Gasteiger partial charge in [-0.05, 0) is 35.4 Å². The molecule has 4 rings (SSSR count). The minimum Gasteiger partial charge on any atom is -0.274 e. The molecule has 4 aromatic rings. The van der Waals surface area contributed by atoms with E-state index < -0.39 is 0 Å². The predicted molar refractivity (Wildman–Crippen MR) is 116 cm³/mol. The monoisotopic (exact) mass is 416 g/mol. The third-order valence-electron chi connectivity index (χ3n) is 4.47. The predicted octanol–water partition coefficient (Wildman–Crippen LogP) is 5.68. The summed E-state index contributed by atoms with van der Waals surface area (Å²) in [4.78, 5) is 0. The molecule has 0 aliphatic carbocycles. The molecule has 0 N–H and O–H groups in total. The molecular formula is C23H17ClN4S. The van der Waals surface area contributed by atoms with Crippen LogP contribution in [0.2, 0.25) is 5.02 Å². The van der Waals surface area contributed by atoms with Crippen molar-refractivity contribution in [3.05, 3.63) is 106 Å². The fraction of sp³-hybridized carbons (Fsp3) is 0.0870. The molecule has 0 fully saturated rings. The Morgan fingerprint density at radius 3 is 2.52 bits per heavy atom. The standard InChI is InChI=1S/C23H17ClN4S/c24-20-11-6-12-21(14-20)28-22(13-17-7-2-1-3-8-17)26-27-23(28)29-16-19-10-5-4-9-18(19)15-25/h1-12,14H,13,16H2. The maximum atomic E-state index is 9.34. The van der Waals surface area contributed by atoms with Crippen LogP contribution in [-0.4, -0.2) is 14.8 Å². The lowest BCUT2D eigenvalue weighted by atomic mass is 10.1. The Balaban J connectivity index is 1.69. The number of aromatic nitrogens is 3. The van der Waals surface area contributed by atoms with Crippen molar-refractivity contribution in [2.75, 3.05) is 0 Å². The average molecular weight is 417 g/mol. The highest BCUT2D eigenvalue weighted by Crippen LogP contribution is 2.28. The Hall–Kier alpha value is -3.07. The van der Waals surface area contributed by atoms with Crippen LogP contribution in [0, 0.1) is 11.3 Å². The fourth-order valence-corrected chi connectivity index (χ4v) is 4.22. The van der Waals surface area contributed by atoms with Crippen molar-refractivity contribution in [3.8, 4) is 11.8 Å². The number of rotatable bonds is 6. The molecule has 29 heavy (non-hydrogen) atoms. The van der Waals surface area contributed by atoms with Gasteiger partial charge in [-0.2, -0.15) is 5.26 Å². The van der Waals surface area contributed by atoms with Crippen LogP contribution in [0.1, 0.15) is 22.5 Å². The average Bonchev–Trinajstić information content (AvgIpc) is 3.15. The van der Waals surface area contributed by atoms with E-state index >= 15 is 0 Å². The fourth-order valence-electron chi connectivity index (χ4n) is 3.06. The molecule has 0 unspecified atom stereocenters. The van der Waals surface area contributed by atoms with E-state index in [0.29, 0.717) is 22.8 Å². The maximum absolute atomic E-state index is 9.34. The van der Waals surface area contributed by atoms with Crippen LogP contribution in [0.15, 0.2) is 84.0 Å². The zero-order valence-corrected chi connectivity index (χ0v) is 17.1. The maximum Gasteiger partial charge on any atom is 0.196 e. The first-order chi connectivity index (χ1) is 14.2. The Morgan fingerprint density at radius 2 is 1.72 bits per heavy atom. The second kappa shape index (κ2) is 8.95. The first-order valence-corrected chi connectivity index (χ1v) is 10.5. The summed E-state index contributed by atoms with van der Waals surface area (Å²) in [7, 11) is 0. The molecule has 1 aromatic heterocycles. The van der Waals surface area contributed by atoms with E-state index in [2.05, 4.69) is 28.4 Å². The van der Waals surface area contributed by atoms with Gasteiger partial charge in [-0.1, -0.05) is 78.0 Å². The number of halogens is 1. The molecule has 0 aliphatic heterocycles. The zero-order chi connectivity index (χ0) is 20.1. The van der Waals surface area contributed by atoms with Crippen molar-refractivity contribution in [1.29, 1.82) is 5.26 Å². The Labute approximate surface area is 178 Å². The minimum absolute atomic E-state index is 0.633. The molecule has 0 aliphatic rings. The SMILES string of the molecule is N#Cc1ccccc1CSc1nnc(Cc2ccccc2)n1-c1cccc(Cl)c1. The number of thioether (sulfide) groups is 1. The van der Waals surface area contributed by atoms with Crippen molar-refractivity contribution in [2.45, 2.75) is 17.3 Å². The molecule has 0 amide bonds. The third-order valence-corrected chi connectivity index (χ3v) is 5.68. The van der Waals surface area contributed by atoms with Crippen LogP contribution in [-0.2, 0) is 12.2 Å². The van der Waals surface area contributed by atoms with Crippen LogP contribution in [0.25, 0.3) is 5.69 Å². The van der Waals surface area contributed by atoms with Crippen LogP contribution in [0.4, 0.5) is 0 Å². The number of hydrogen-bond acceptors (Lipinski definition) is 4. The van der Waals surface area contributed by atoms with E-state index in [1.54, 1.807) is 11.8 Å². The summed E-state index contributed by atoms with van der Waals surface area (Å²) < 4.78 is 2.04. The quantitative estimate of drug-likeness (QED) is 0.379. The lowest BCUT2D eigenvalue weighted by Gasteiger charge is -2.11. The van der Waals surface area contributed by atoms with Gasteiger partial charge in [0.25, 0.3) is 0 Å². The van der Waals surface area contributed by atoms with E-state index in [1.165, 1.54) is 0 Å². The first kappa shape index (κ1) is 19.3. The van der Waals surface area contributed by atoms with Gasteiger partial charge < -0.3 is 0 Å². The summed E-state index contributed by atoms with van der Waals surface area (Å²) in [6, 6.07) is 27.7. The van der Waals surface area contributed by atoms with E-state index in [9.17, 15) is 5.26 Å². The second-order valence-corrected chi connectivity index (χ2v) is 7.81. The summed E-state index contributed by atoms with van der Waals surface area (Å²) in [5, 5.41) is 19.7. The molecule has 3 aromatic carbocycles. The summed E-state index contributed by atoms with van der Waals surface area (Å²) in [6.45, 7) is 0. The second-order valence-electron chi connectivity index (χ2n) is 6.43. The highest BCUT2D eigenvalue weighted by Gasteiger charge is 2.16. The molecule has 0 spiro atoms. The van der Waals surface area contributed by atoms with Gasteiger partial charge in [-0.15, -0.1) is 10.2 Å². The van der Waals surface area contributed by atoms with Gasteiger partial charge >= 0.3 is 0 Å². The topological polar surface area (TPSA) is 54.5 Å². The van der Waals surface area contributed by atoms with E-state index in [4.69, 9.17) is 11.6 Å². The van der Waals surface area contributed by atoms with E-state index in [0.717, 1.165) is 27.8 Å². The largest absolute Gasteiger partial charge is 0.274 e. The molecule has 0 saturated heterocycles. The Bertz CT molecular complexity index is 1160. The van der Waals surface area contributed by atoms with Crippen LogP contribution in [0.3, 0.4) is 0 Å². The van der Waals surface area contributed by atoms with Crippen molar-refractivity contribution < 1.29 is 0 Å².